The Hall–Kier alpha value is -3.27. The first-order valence-electron chi connectivity index (χ1n) is 11.8. The smallest absolute Gasteiger partial charge is 0.276 e. The molecule has 0 radical (unpaired) electrons. The minimum atomic E-state index is -0.971. The number of carbonyl (C=O) groups excluding carboxylic acids is 2. The summed E-state index contributed by atoms with van der Waals surface area (Å²) in [5, 5.41) is 13.1. The predicted octanol–water partition coefficient (Wildman–Crippen LogP) is 2.68. The van der Waals surface area contributed by atoms with Crippen molar-refractivity contribution >= 4 is 11.8 Å². The van der Waals surface area contributed by atoms with Crippen molar-refractivity contribution in [3.8, 4) is 5.75 Å². The molecule has 2 amide bonds. The minimum absolute atomic E-state index is 0.0461. The van der Waals surface area contributed by atoms with Gasteiger partial charge in [0.25, 0.3) is 11.8 Å². The Morgan fingerprint density at radius 3 is 2.69 bits per heavy atom. The van der Waals surface area contributed by atoms with Crippen LogP contribution < -0.4 is 10.7 Å². The first-order chi connectivity index (χ1) is 16.6. The molecule has 2 atom stereocenters. The van der Waals surface area contributed by atoms with Crippen LogP contribution in [0, 0.1) is 17.6 Å². The molecule has 0 spiro atoms. The molecule has 2 aliphatic heterocycles. The summed E-state index contributed by atoms with van der Waals surface area (Å²) in [5.41, 5.74) is -1.41. The van der Waals surface area contributed by atoms with E-state index >= 15 is 0 Å². The molecule has 0 aliphatic carbocycles. The van der Waals surface area contributed by atoms with Crippen molar-refractivity contribution in [2.24, 2.45) is 5.92 Å². The fourth-order valence-electron chi connectivity index (χ4n) is 4.75. The summed E-state index contributed by atoms with van der Waals surface area (Å²) in [6.07, 6.45) is 2.76. The summed E-state index contributed by atoms with van der Waals surface area (Å²) in [6.45, 7) is 7.87. The van der Waals surface area contributed by atoms with Crippen molar-refractivity contribution < 1.29 is 23.5 Å². The van der Waals surface area contributed by atoms with Crippen LogP contribution in [-0.4, -0.2) is 56.6 Å². The number of rotatable bonds is 6. The highest BCUT2D eigenvalue weighted by molar-refractivity contribution is 5.99. The number of hydrogen-bond donors (Lipinski definition) is 2. The van der Waals surface area contributed by atoms with Crippen molar-refractivity contribution in [1.82, 2.24) is 19.7 Å². The number of nitrogens with zero attached hydrogens (tertiary/aromatic N) is 3. The summed E-state index contributed by atoms with van der Waals surface area (Å²) in [6, 6.07) is 2.91. The SMILES string of the molecule is CC(C)CCN1CC[C@H](C)N2C(=O)c3c(O)c(=O)c(C(=O)NCc4ccc(F)cc4F)cn3C[C@@H]12. The number of hydrogen-bond acceptors (Lipinski definition) is 5. The third-order valence-electron chi connectivity index (χ3n) is 6.80. The molecule has 35 heavy (non-hydrogen) atoms. The van der Waals surface area contributed by atoms with Crippen molar-refractivity contribution in [3.05, 3.63) is 63.1 Å². The second kappa shape index (κ2) is 9.77. The molecule has 10 heteroatoms. The average molecular weight is 489 g/mol. The summed E-state index contributed by atoms with van der Waals surface area (Å²) in [5.74, 6) is -3.12. The van der Waals surface area contributed by atoms with Gasteiger partial charge >= 0.3 is 0 Å². The second-order valence-corrected chi connectivity index (χ2v) is 9.69. The van der Waals surface area contributed by atoms with Crippen LogP contribution in [0.15, 0.2) is 29.2 Å². The van der Waals surface area contributed by atoms with E-state index in [0.717, 1.165) is 32.0 Å². The van der Waals surface area contributed by atoms with Gasteiger partial charge in [0.05, 0.1) is 6.54 Å². The van der Waals surface area contributed by atoms with Gasteiger partial charge in [-0.05, 0) is 31.7 Å². The lowest BCUT2D eigenvalue weighted by Crippen LogP contribution is -2.63. The molecule has 2 aromatic rings. The van der Waals surface area contributed by atoms with Gasteiger partial charge in [-0.2, -0.15) is 0 Å². The van der Waals surface area contributed by atoms with Crippen LogP contribution in [0.4, 0.5) is 8.78 Å². The number of benzene rings is 1. The molecule has 2 N–H and O–H groups in total. The Morgan fingerprint density at radius 2 is 2.00 bits per heavy atom. The highest BCUT2D eigenvalue weighted by atomic mass is 19.1. The first-order valence-corrected chi connectivity index (χ1v) is 11.8. The molecule has 1 aromatic heterocycles. The molecular formula is C25H30F2N4O4. The molecule has 0 bridgehead atoms. The molecule has 8 nitrogen and oxygen atoms in total. The number of carbonyl (C=O) groups is 2. The van der Waals surface area contributed by atoms with Gasteiger partial charge in [0.1, 0.15) is 23.4 Å². The Morgan fingerprint density at radius 1 is 1.26 bits per heavy atom. The van der Waals surface area contributed by atoms with Crippen LogP contribution in [0.2, 0.25) is 0 Å². The lowest BCUT2D eigenvalue weighted by Gasteiger charge is -2.50. The van der Waals surface area contributed by atoms with E-state index in [-0.39, 0.29) is 35.6 Å². The quantitative estimate of drug-likeness (QED) is 0.652. The largest absolute Gasteiger partial charge is 0.503 e. The van der Waals surface area contributed by atoms with Crippen molar-refractivity contribution in [2.45, 2.75) is 58.9 Å². The van der Waals surface area contributed by atoms with Gasteiger partial charge in [0, 0.05) is 43.5 Å². The van der Waals surface area contributed by atoms with Gasteiger partial charge < -0.3 is 19.9 Å². The van der Waals surface area contributed by atoms with E-state index in [2.05, 4.69) is 24.1 Å². The van der Waals surface area contributed by atoms with Crippen LogP contribution in [0.3, 0.4) is 0 Å². The zero-order valence-electron chi connectivity index (χ0n) is 20.1. The van der Waals surface area contributed by atoms with E-state index < -0.39 is 34.6 Å². The molecule has 0 saturated carbocycles. The Bertz CT molecular complexity index is 1210. The van der Waals surface area contributed by atoms with Crippen LogP contribution in [0.5, 0.6) is 5.75 Å². The molecule has 0 unspecified atom stereocenters. The summed E-state index contributed by atoms with van der Waals surface area (Å²) in [4.78, 5) is 42.9. The average Bonchev–Trinajstić information content (AvgIpc) is 2.79. The monoisotopic (exact) mass is 488 g/mol. The molecule has 1 fully saturated rings. The Labute approximate surface area is 202 Å². The fourth-order valence-corrected chi connectivity index (χ4v) is 4.75. The predicted molar refractivity (Wildman–Crippen MR) is 125 cm³/mol. The molecule has 3 heterocycles. The van der Waals surface area contributed by atoms with Crippen LogP contribution in [-0.2, 0) is 13.1 Å². The van der Waals surface area contributed by atoms with E-state index in [0.29, 0.717) is 18.5 Å². The van der Waals surface area contributed by atoms with E-state index in [1.807, 2.05) is 6.92 Å². The molecule has 4 rings (SSSR count). The third-order valence-corrected chi connectivity index (χ3v) is 6.80. The van der Waals surface area contributed by atoms with Gasteiger partial charge in [-0.15, -0.1) is 0 Å². The van der Waals surface area contributed by atoms with Crippen LogP contribution in [0.25, 0.3) is 0 Å². The van der Waals surface area contributed by atoms with Gasteiger partial charge in [0.15, 0.2) is 11.4 Å². The third kappa shape index (κ3) is 4.80. The maximum absolute atomic E-state index is 13.9. The number of halogens is 2. The van der Waals surface area contributed by atoms with Gasteiger partial charge in [0.2, 0.25) is 5.43 Å². The van der Waals surface area contributed by atoms with Gasteiger partial charge in [-0.3, -0.25) is 19.3 Å². The molecule has 188 valence electrons. The van der Waals surface area contributed by atoms with Crippen LogP contribution in [0.1, 0.15) is 60.0 Å². The highest BCUT2D eigenvalue weighted by Crippen LogP contribution is 2.31. The summed E-state index contributed by atoms with van der Waals surface area (Å²) in [7, 11) is 0. The number of aromatic nitrogens is 1. The number of nitrogens with one attached hydrogen (secondary N) is 1. The van der Waals surface area contributed by atoms with E-state index in [9.17, 15) is 28.3 Å². The van der Waals surface area contributed by atoms with E-state index in [4.69, 9.17) is 0 Å². The van der Waals surface area contributed by atoms with Crippen molar-refractivity contribution in [2.75, 3.05) is 13.1 Å². The lowest BCUT2D eigenvalue weighted by atomic mass is 10.0. The normalized spacial score (nSPS) is 20.1. The Kier molecular flexibility index (Phi) is 6.93. The van der Waals surface area contributed by atoms with Gasteiger partial charge in [-0.1, -0.05) is 19.9 Å². The zero-order chi connectivity index (χ0) is 25.4. The van der Waals surface area contributed by atoms with E-state index in [1.54, 1.807) is 4.90 Å². The topological polar surface area (TPSA) is 94.9 Å². The first kappa shape index (κ1) is 24.8. The number of pyridine rings is 1. The molecule has 2 aliphatic rings. The number of fused-ring (bicyclic) bond motifs is 2. The van der Waals surface area contributed by atoms with E-state index in [1.165, 1.54) is 16.8 Å². The summed E-state index contributed by atoms with van der Waals surface area (Å²) >= 11 is 0. The van der Waals surface area contributed by atoms with Crippen molar-refractivity contribution in [1.29, 1.82) is 0 Å². The standard InChI is InChI=1S/C25H30F2N4O4/c1-14(2)6-8-29-9-7-15(3)31-20(29)13-30-12-18(22(32)23(33)21(30)25(31)35)24(34)28-11-16-4-5-17(26)10-19(16)27/h4-5,10,12,14-15,20,33H,6-9,11,13H2,1-3H3,(H,28,34)/t15-,20-/m0/s1. The zero-order valence-corrected chi connectivity index (χ0v) is 20.1. The maximum Gasteiger partial charge on any atom is 0.276 e. The summed E-state index contributed by atoms with van der Waals surface area (Å²) < 4.78 is 28.5. The lowest BCUT2D eigenvalue weighted by molar-refractivity contribution is -0.0338. The van der Waals surface area contributed by atoms with Crippen molar-refractivity contribution in [3.63, 3.8) is 0 Å². The maximum atomic E-state index is 13.9. The number of amides is 2. The Balaban J connectivity index is 1.62. The molecule has 1 aromatic carbocycles. The second-order valence-electron chi connectivity index (χ2n) is 9.69. The van der Waals surface area contributed by atoms with Gasteiger partial charge in [-0.25, -0.2) is 8.78 Å². The van der Waals surface area contributed by atoms with Crippen LogP contribution >= 0.6 is 0 Å². The fraction of sp³-hybridized carbons (Fsp3) is 0.480. The highest BCUT2D eigenvalue weighted by Gasteiger charge is 2.43. The molecular weight excluding hydrogens is 458 g/mol. The number of aromatic hydroxyl groups is 1. The minimum Gasteiger partial charge on any atom is -0.503 e. The molecule has 1 saturated heterocycles.